The summed E-state index contributed by atoms with van der Waals surface area (Å²) in [4.78, 5) is 33.8. The van der Waals surface area contributed by atoms with E-state index < -0.39 is 0 Å². The summed E-state index contributed by atoms with van der Waals surface area (Å²) < 4.78 is 12.9. The van der Waals surface area contributed by atoms with Gasteiger partial charge in [0.2, 0.25) is 5.91 Å². The monoisotopic (exact) mass is 375 g/mol. The summed E-state index contributed by atoms with van der Waals surface area (Å²) in [6.07, 6.45) is 3.30. The Morgan fingerprint density at radius 3 is 2.58 bits per heavy atom. The zero-order valence-corrected chi connectivity index (χ0v) is 15.6. The lowest BCUT2D eigenvalue weighted by molar-refractivity contribution is -0.131. The molecular formula is C19H22FN3O2S. The molecule has 2 heterocycles. The van der Waals surface area contributed by atoms with Crippen LogP contribution in [0.1, 0.15) is 36.1 Å². The van der Waals surface area contributed by atoms with Crippen LogP contribution in [0.3, 0.4) is 0 Å². The van der Waals surface area contributed by atoms with Gasteiger partial charge in [0.05, 0.1) is 6.42 Å². The third-order valence-electron chi connectivity index (χ3n) is 4.53. The van der Waals surface area contributed by atoms with Crippen molar-refractivity contribution in [3.63, 3.8) is 0 Å². The topological polar surface area (TPSA) is 66.1 Å². The summed E-state index contributed by atoms with van der Waals surface area (Å²) in [5.41, 5.74) is 1.71. The SMILES string of the molecule is Cc1nc(SCc2ccc(F)cc2)[nH]c(=O)c1CC(=O)N1CCCCC1. The first-order chi connectivity index (χ1) is 12.5. The molecule has 0 radical (unpaired) electrons. The first kappa shape index (κ1) is 18.6. The van der Waals surface area contributed by atoms with E-state index in [0.29, 0.717) is 22.2 Å². The zero-order chi connectivity index (χ0) is 18.5. The summed E-state index contributed by atoms with van der Waals surface area (Å²) in [5, 5.41) is 0.506. The Kier molecular flexibility index (Phi) is 6.08. The van der Waals surface area contributed by atoms with Crippen molar-refractivity contribution < 1.29 is 9.18 Å². The third-order valence-corrected chi connectivity index (χ3v) is 5.47. The Labute approximate surface area is 156 Å². The van der Waals surface area contributed by atoms with Gasteiger partial charge in [0, 0.05) is 30.1 Å². The third kappa shape index (κ3) is 4.72. The van der Waals surface area contributed by atoms with Crippen LogP contribution >= 0.6 is 11.8 Å². The number of likely N-dealkylation sites (tertiary alicyclic amines) is 1. The van der Waals surface area contributed by atoms with Gasteiger partial charge in [-0.3, -0.25) is 9.59 Å². The molecule has 3 rings (SSSR count). The van der Waals surface area contributed by atoms with Crippen LogP contribution in [-0.2, 0) is 17.0 Å². The predicted octanol–water partition coefficient (Wildman–Crippen LogP) is 3.06. The number of aromatic nitrogens is 2. The molecule has 1 aliphatic heterocycles. The van der Waals surface area contributed by atoms with E-state index in [1.54, 1.807) is 19.1 Å². The van der Waals surface area contributed by atoms with Crippen molar-refractivity contribution in [1.82, 2.24) is 14.9 Å². The van der Waals surface area contributed by atoms with Gasteiger partial charge in [-0.2, -0.15) is 0 Å². The number of H-pyrrole nitrogens is 1. The maximum Gasteiger partial charge on any atom is 0.255 e. The van der Waals surface area contributed by atoms with E-state index >= 15 is 0 Å². The quantitative estimate of drug-likeness (QED) is 0.644. The van der Waals surface area contributed by atoms with Gasteiger partial charge in [0.25, 0.3) is 5.56 Å². The molecule has 138 valence electrons. The van der Waals surface area contributed by atoms with E-state index in [-0.39, 0.29) is 23.7 Å². The number of halogens is 1. The van der Waals surface area contributed by atoms with E-state index in [0.717, 1.165) is 37.9 Å². The van der Waals surface area contributed by atoms with Crippen LogP contribution < -0.4 is 5.56 Å². The van der Waals surface area contributed by atoms with Crippen LogP contribution in [0, 0.1) is 12.7 Å². The van der Waals surface area contributed by atoms with Crippen LogP contribution in [-0.4, -0.2) is 33.9 Å². The molecule has 0 aliphatic carbocycles. The number of carbonyl (C=O) groups is 1. The lowest BCUT2D eigenvalue weighted by Crippen LogP contribution is -2.37. The normalized spacial score (nSPS) is 14.5. The fourth-order valence-corrected chi connectivity index (χ4v) is 3.86. The Balaban J connectivity index is 1.66. The fourth-order valence-electron chi connectivity index (χ4n) is 3.00. The molecule has 1 N–H and O–H groups in total. The highest BCUT2D eigenvalue weighted by Crippen LogP contribution is 2.19. The molecule has 0 atom stereocenters. The van der Waals surface area contributed by atoms with Crippen molar-refractivity contribution in [2.75, 3.05) is 13.1 Å². The van der Waals surface area contributed by atoms with E-state index in [1.165, 1.54) is 23.9 Å². The fraction of sp³-hybridized carbons (Fsp3) is 0.421. The number of piperidine rings is 1. The minimum atomic E-state index is -0.274. The molecule has 0 unspecified atom stereocenters. The highest BCUT2D eigenvalue weighted by Gasteiger charge is 2.19. The molecule has 2 aromatic rings. The number of nitrogens with zero attached hydrogens (tertiary/aromatic N) is 2. The predicted molar refractivity (Wildman–Crippen MR) is 99.7 cm³/mol. The molecule has 1 fully saturated rings. The Morgan fingerprint density at radius 1 is 1.23 bits per heavy atom. The Morgan fingerprint density at radius 2 is 1.92 bits per heavy atom. The highest BCUT2D eigenvalue weighted by atomic mass is 32.2. The Bertz CT molecular complexity index is 830. The first-order valence-electron chi connectivity index (χ1n) is 8.78. The number of aromatic amines is 1. The molecule has 1 aromatic carbocycles. The molecule has 0 saturated carbocycles. The van der Waals surface area contributed by atoms with Gasteiger partial charge in [0.1, 0.15) is 5.82 Å². The van der Waals surface area contributed by atoms with Crippen molar-refractivity contribution in [2.24, 2.45) is 0 Å². The molecule has 0 spiro atoms. The van der Waals surface area contributed by atoms with Gasteiger partial charge in [0.15, 0.2) is 5.16 Å². The van der Waals surface area contributed by atoms with Crippen LogP contribution in [0.2, 0.25) is 0 Å². The number of hydrogen-bond acceptors (Lipinski definition) is 4. The van der Waals surface area contributed by atoms with E-state index in [2.05, 4.69) is 9.97 Å². The van der Waals surface area contributed by atoms with Gasteiger partial charge in [-0.15, -0.1) is 0 Å². The van der Waals surface area contributed by atoms with Gasteiger partial charge < -0.3 is 9.88 Å². The summed E-state index contributed by atoms with van der Waals surface area (Å²) in [7, 11) is 0. The van der Waals surface area contributed by atoms with Crippen LogP contribution in [0.15, 0.2) is 34.2 Å². The Hall–Kier alpha value is -2.15. The van der Waals surface area contributed by atoms with Crippen LogP contribution in [0.5, 0.6) is 0 Å². The summed E-state index contributed by atoms with van der Waals surface area (Å²) in [6.45, 7) is 3.31. The van der Waals surface area contributed by atoms with Crippen molar-refractivity contribution >= 4 is 17.7 Å². The van der Waals surface area contributed by atoms with E-state index in [4.69, 9.17) is 0 Å². The number of carbonyl (C=O) groups excluding carboxylic acids is 1. The first-order valence-corrected chi connectivity index (χ1v) is 9.76. The molecule has 26 heavy (non-hydrogen) atoms. The van der Waals surface area contributed by atoms with Gasteiger partial charge in [-0.1, -0.05) is 23.9 Å². The minimum absolute atomic E-state index is 0.00758. The lowest BCUT2D eigenvalue weighted by Gasteiger charge is -2.26. The number of aryl methyl sites for hydroxylation is 1. The van der Waals surface area contributed by atoms with Gasteiger partial charge in [-0.25, -0.2) is 9.37 Å². The van der Waals surface area contributed by atoms with Crippen molar-refractivity contribution in [3.05, 3.63) is 57.3 Å². The zero-order valence-electron chi connectivity index (χ0n) is 14.8. The van der Waals surface area contributed by atoms with Crippen molar-refractivity contribution in [2.45, 2.75) is 43.5 Å². The van der Waals surface area contributed by atoms with Crippen LogP contribution in [0.4, 0.5) is 4.39 Å². The smallest absolute Gasteiger partial charge is 0.255 e. The molecule has 1 aliphatic rings. The number of thioether (sulfide) groups is 1. The molecule has 5 nitrogen and oxygen atoms in total. The summed E-state index contributed by atoms with van der Waals surface area (Å²) >= 11 is 1.38. The number of rotatable bonds is 5. The molecule has 1 saturated heterocycles. The lowest BCUT2D eigenvalue weighted by atomic mass is 10.1. The maximum atomic E-state index is 12.9. The van der Waals surface area contributed by atoms with Gasteiger partial charge in [-0.05, 0) is 43.9 Å². The summed E-state index contributed by atoms with van der Waals surface area (Å²) in [5.74, 6) is 0.296. The van der Waals surface area contributed by atoms with E-state index in [9.17, 15) is 14.0 Å². The molecule has 1 aromatic heterocycles. The standard InChI is InChI=1S/C19H22FN3O2S/c1-13-16(11-17(24)23-9-3-2-4-10-23)18(25)22-19(21-13)26-12-14-5-7-15(20)8-6-14/h5-8H,2-4,9-12H2,1H3,(H,21,22,25). The van der Waals surface area contributed by atoms with Crippen molar-refractivity contribution in [1.29, 1.82) is 0 Å². The van der Waals surface area contributed by atoms with Crippen molar-refractivity contribution in [3.8, 4) is 0 Å². The molecule has 7 heteroatoms. The second kappa shape index (κ2) is 8.49. The minimum Gasteiger partial charge on any atom is -0.342 e. The number of hydrogen-bond donors (Lipinski definition) is 1. The molecule has 1 amide bonds. The van der Waals surface area contributed by atoms with E-state index in [1.807, 2.05) is 4.90 Å². The number of benzene rings is 1. The van der Waals surface area contributed by atoms with Crippen LogP contribution in [0.25, 0.3) is 0 Å². The summed E-state index contributed by atoms with van der Waals surface area (Å²) in [6, 6.07) is 6.23. The average Bonchev–Trinajstić information content (AvgIpc) is 2.65. The van der Waals surface area contributed by atoms with Gasteiger partial charge >= 0.3 is 0 Å². The molecular weight excluding hydrogens is 353 g/mol. The largest absolute Gasteiger partial charge is 0.342 e. The molecule has 0 bridgehead atoms. The average molecular weight is 375 g/mol. The number of amides is 1. The maximum absolute atomic E-state index is 12.9. The number of nitrogens with one attached hydrogen (secondary N) is 1. The second-order valence-electron chi connectivity index (χ2n) is 6.47. The second-order valence-corrected chi connectivity index (χ2v) is 7.43. The highest BCUT2D eigenvalue weighted by molar-refractivity contribution is 7.98.